The van der Waals surface area contributed by atoms with Crippen LogP contribution >= 0.6 is 0 Å². The van der Waals surface area contributed by atoms with Crippen LogP contribution in [0.5, 0.6) is 5.75 Å². The number of carbonyl (C=O) groups excluding carboxylic acids is 1. The first kappa shape index (κ1) is 21.7. The SMILES string of the molecule is CCS(=O)(=O)CC1CC[C@@H](C(=O)N2CC[C@@]3(C)c4cccc(O)c4C[C@H]2C3(C)C)C1. The normalized spacial score (nSPS) is 32.7. The van der Waals surface area contributed by atoms with Gasteiger partial charge in [-0.25, -0.2) is 8.42 Å². The van der Waals surface area contributed by atoms with E-state index in [4.69, 9.17) is 0 Å². The zero-order valence-corrected chi connectivity index (χ0v) is 19.5. The third-order valence-corrected chi connectivity index (χ3v) is 10.6. The van der Waals surface area contributed by atoms with E-state index in [0.29, 0.717) is 18.6 Å². The number of piperidine rings is 1. The number of hydrogen-bond acceptors (Lipinski definition) is 4. The van der Waals surface area contributed by atoms with E-state index in [1.165, 1.54) is 5.56 Å². The van der Waals surface area contributed by atoms with Crippen molar-refractivity contribution in [3.63, 3.8) is 0 Å². The molecule has 1 amide bonds. The number of benzene rings is 1. The van der Waals surface area contributed by atoms with E-state index in [1.54, 1.807) is 13.0 Å². The Balaban J connectivity index is 1.58. The molecular weight excluding hydrogens is 398 g/mol. The molecule has 1 aliphatic heterocycles. The maximum Gasteiger partial charge on any atom is 0.225 e. The minimum absolute atomic E-state index is 0.0444. The molecule has 6 heteroatoms. The lowest BCUT2D eigenvalue weighted by molar-refractivity contribution is -0.148. The molecule has 1 unspecified atom stereocenters. The molecule has 166 valence electrons. The van der Waals surface area contributed by atoms with Gasteiger partial charge >= 0.3 is 0 Å². The summed E-state index contributed by atoms with van der Waals surface area (Å²) in [6.07, 6.45) is 3.83. The first-order valence-electron chi connectivity index (χ1n) is 11.3. The molecule has 1 heterocycles. The van der Waals surface area contributed by atoms with Crippen molar-refractivity contribution in [2.75, 3.05) is 18.1 Å². The number of carbonyl (C=O) groups is 1. The Labute approximate surface area is 180 Å². The van der Waals surface area contributed by atoms with Gasteiger partial charge in [-0.2, -0.15) is 0 Å². The van der Waals surface area contributed by atoms with Crippen LogP contribution in [-0.2, 0) is 26.5 Å². The van der Waals surface area contributed by atoms with Crippen LogP contribution in [0.3, 0.4) is 0 Å². The van der Waals surface area contributed by atoms with Crippen LogP contribution in [-0.4, -0.2) is 48.4 Å². The Kier molecular flexibility index (Phi) is 5.23. The lowest BCUT2D eigenvalue weighted by Crippen LogP contribution is -2.65. The predicted octanol–water partition coefficient (Wildman–Crippen LogP) is 3.68. The van der Waals surface area contributed by atoms with E-state index >= 15 is 0 Å². The number of fused-ring (bicyclic) bond motifs is 4. The maximum absolute atomic E-state index is 13.6. The second-order valence-electron chi connectivity index (χ2n) is 10.4. The number of nitrogens with zero attached hydrogens (tertiary/aromatic N) is 1. The Morgan fingerprint density at radius 1 is 1.23 bits per heavy atom. The largest absolute Gasteiger partial charge is 0.508 e. The Hall–Kier alpha value is -1.56. The Bertz CT molecular complexity index is 954. The van der Waals surface area contributed by atoms with Crippen molar-refractivity contribution in [1.82, 2.24) is 4.90 Å². The minimum Gasteiger partial charge on any atom is -0.508 e. The second-order valence-corrected chi connectivity index (χ2v) is 12.8. The van der Waals surface area contributed by atoms with E-state index < -0.39 is 9.84 Å². The number of phenols is 1. The number of hydrogen-bond donors (Lipinski definition) is 1. The second kappa shape index (κ2) is 7.25. The number of aromatic hydroxyl groups is 1. The molecule has 3 aliphatic rings. The van der Waals surface area contributed by atoms with Crippen LogP contribution in [0.15, 0.2) is 18.2 Å². The van der Waals surface area contributed by atoms with Crippen molar-refractivity contribution in [3.05, 3.63) is 29.3 Å². The summed E-state index contributed by atoms with van der Waals surface area (Å²) < 4.78 is 24.1. The van der Waals surface area contributed by atoms with Gasteiger partial charge in [0.15, 0.2) is 0 Å². The van der Waals surface area contributed by atoms with Crippen LogP contribution in [0.4, 0.5) is 0 Å². The van der Waals surface area contributed by atoms with Gasteiger partial charge in [0.25, 0.3) is 0 Å². The van der Waals surface area contributed by atoms with Crippen LogP contribution in [0.2, 0.25) is 0 Å². The fourth-order valence-electron chi connectivity index (χ4n) is 6.35. The van der Waals surface area contributed by atoms with Gasteiger partial charge in [0.1, 0.15) is 15.6 Å². The van der Waals surface area contributed by atoms with Crippen molar-refractivity contribution >= 4 is 15.7 Å². The number of rotatable bonds is 4. The van der Waals surface area contributed by atoms with Crippen LogP contribution < -0.4 is 0 Å². The molecule has 1 saturated heterocycles. The average Bonchev–Trinajstić information content (AvgIpc) is 3.12. The monoisotopic (exact) mass is 433 g/mol. The molecule has 2 bridgehead atoms. The highest BCUT2D eigenvalue weighted by atomic mass is 32.2. The molecule has 1 N–H and O–H groups in total. The molecule has 1 saturated carbocycles. The van der Waals surface area contributed by atoms with Gasteiger partial charge in [-0.3, -0.25) is 4.79 Å². The molecule has 0 aromatic heterocycles. The standard InChI is InChI=1S/C24H35NO4S/c1-5-30(28,29)15-16-9-10-17(13-16)22(27)25-12-11-24(4)19-7-6-8-20(26)18(19)14-21(25)23(24,2)3/h6-8,16-17,21,26H,5,9-15H2,1-4H3/t16?,17-,21+,24+/m1/s1. The molecule has 0 spiro atoms. The fraction of sp³-hybridized carbons (Fsp3) is 0.708. The molecule has 2 fully saturated rings. The molecule has 2 aliphatic carbocycles. The summed E-state index contributed by atoms with van der Waals surface area (Å²) >= 11 is 0. The lowest BCUT2D eigenvalue weighted by Gasteiger charge is -2.61. The van der Waals surface area contributed by atoms with Crippen LogP contribution in [0, 0.1) is 17.3 Å². The van der Waals surface area contributed by atoms with Gasteiger partial charge in [-0.05, 0) is 60.6 Å². The van der Waals surface area contributed by atoms with E-state index in [-0.39, 0.29) is 46.1 Å². The number of likely N-dealkylation sites (tertiary alicyclic amines) is 1. The topological polar surface area (TPSA) is 74.7 Å². The van der Waals surface area contributed by atoms with Crippen molar-refractivity contribution in [1.29, 1.82) is 0 Å². The number of sulfone groups is 1. The zero-order chi connectivity index (χ0) is 21.9. The molecule has 0 radical (unpaired) electrons. The number of amides is 1. The van der Waals surface area contributed by atoms with E-state index in [9.17, 15) is 18.3 Å². The summed E-state index contributed by atoms with van der Waals surface area (Å²) in [5.74, 6) is 0.925. The van der Waals surface area contributed by atoms with E-state index in [2.05, 4.69) is 31.7 Å². The van der Waals surface area contributed by atoms with E-state index in [0.717, 1.165) is 31.4 Å². The first-order valence-corrected chi connectivity index (χ1v) is 13.1. The summed E-state index contributed by atoms with van der Waals surface area (Å²) in [5, 5.41) is 10.5. The molecule has 1 aromatic rings. The summed E-state index contributed by atoms with van der Waals surface area (Å²) in [4.78, 5) is 15.7. The van der Waals surface area contributed by atoms with Crippen molar-refractivity contribution < 1.29 is 18.3 Å². The summed E-state index contributed by atoms with van der Waals surface area (Å²) in [6.45, 7) is 9.22. The predicted molar refractivity (Wildman–Crippen MR) is 118 cm³/mol. The van der Waals surface area contributed by atoms with Gasteiger partial charge in [-0.1, -0.05) is 39.8 Å². The molecule has 4 atom stereocenters. The molecule has 5 nitrogen and oxygen atoms in total. The van der Waals surface area contributed by atoms with Crippen molar-refractivity contribution in [2.45, 2.75) is 71.3 Å². The third kappa shape index (κ3) is 3.26. The summed E-state index contributed by atoms with van der Waals surface area (Å²) in [7, 11) is -3.01. The highest BCUT2D eigenvalue weighted by molar-refractivity contribution is 7.91. The van der Waals surface area contributed by atoms with Crippen molar-refractivity contribution in [2.24, 2.45) is 17.3 Å². The molecule has 1 aromatic carbocycles. The van der Waals surface area contributed by atoms with Gasteiger partial charge < -0.3 is 10.0 Å². The first-order chi connectivity index (χ1) is 14.0. The zero-order valence-electron chi connectivity index (χ0n) is 18.6. The summed E-state index contributed by atoms with van der Waals surface area (Å²) in [5.41, 5.74) is 2.01. The average molecular weight is 434 g/mol. The number of phenolic OH excluding ortho intramolecular Hbond substituents is 1. The molecular formula is C24H35NO4S. The summed E-state index contributed by atoms with van der Waals surface area (Å²) in [6, 6.07) is 5.86. The quantitative estimate of drug-likeness (QED) is 0.786. The highest BCUT2D eigenvalue weighted by Gasteiger charge is 2.57. The fourth-order valence-corrected chi connectivity index (χ4v) is 7.61. The van der Waals surface area contributed by atoms with Gasteiger partial charge in [0.2, 0.25) is 5.91 Å². The van der Waals surface area contributed by atoms with E-state index in [1.807, 2.05) is 6.07 Å². The lowest BCUT2D eigenvalue weighted by atomic mass is 9.51. The Morgan fingerprint density at radius 2 is 1.97 bits per heavy atom. The minimum atomic E-state index is -3.01. The maximum atomic E-state index is 13.6. The Morgan fingerprint density at radius 3 is 2.67 bits per heavy atom. The van der Waals surface area contributed by atoms with Crippen LogP contribution in [0.25, 0.3) is 0 Å². The van der Waals surface area contributed by atoms with Gasteiger partial charge in [-0.15, -0.1) is 0 Å². The van der Waals surface area contributed by atoms with Gasteiger partial charge in [0.05, 0.1) is 5.75 Å². The smallest absolute Gasteiger partial charge is 0.225 e. The molecule has 30 heavy (non-hydrogen) atoms. The molecule has 4 rings (SSSR count). The van der Waals surface area contributed by atoms with Crippen LogP contribution in [0.1, 0.15) is 64.5 Å². The van der Waals surface area contributed by atoms with Crippen molar-refractivity contribution in [3.8, 4) is 5.75 Å². The van der Waals surface area contributed by atoms with Gasteiger partial charge in [0, 0.05) is 29.7 Å². The highest BCUT2D eigenvalue weighted by Crippen LogP contribution is 2.57. The third-order valence-electron chi connectivity index (χ3n) is 8.73.